The summed E-state index contributed by atoms with van der Waals surface area (Å²) < 4.78 is 0. The van der Waals surface area contributed by atoms with E-state index < -0.39 is 0 Å². The van der Waals surface area contributed by atoms with Gasteiger partial charge in [0.25, 0.3) is 0 Å². The Hall–Kier alpha value is -0.530. The van der Waals surface area contributed by atoms with E-state index in [-0.39, 0.29) is 29.9 Å². The van der Waals surface area contributed by atoms with Gasteiger partial charge in [0.05, 0.1) is 0 Å². The van der Waals surface area contributed by atoms with Crippen molar-refractivity contribution in [2.45, 2.75) is 70.3 Å². The topological polar surface area (TPSA) is 56.7 Å². The van der Waals surface area contributed by atoms with Crippen molar-refractivity contribution < 1.29 is 4.79 Å². The van der Waals surface area contributed by atoms with Crippen LogP contribution in [-0.4, -0.2) is 49.5 Å². The molecule has 0 aromatic carbocycles. The molecule has 24 heavy (non-hydrogen) atoms. The zero-order chi connectivity index (χ0) is 16.1. The minimum atomic E-state index is 0. The summed E-state index contributed by atoms with van der Waals surface area (Å²) in [5.74, 6) is 1.15. The molecule has 0 aromatic heterocycles. The van der Waals surface area contributed by atoms with Crippen molar-refractivity contribution in [3.8, 4) is 0 Å². The first-order valence-electron chi connectivity index (χ1n) is 9.46. The lowest BCUT2D eigenvalue weighted by molar-refractivity contribution is -0.121. The van der Waals surface area contributed by atoms with Crippen LogP contribution in [0.1, 0.15) is 64.2 Å². The molecule has 5 nitrogen and oxygen atoms in total. The van der Waals surface area contributed by atoms with Gasteiger partial charge in [-0.25, -0.2) is 0 Å². The van der Waals surface area contributed by atoms with E-state index in [4.69, 9.17) is 0 Å². The van der Waals surface area contributed by atoms with E-state index in [0.29, 0.717) is 24.4 Å². The highest BCUT2D eigenvalue weighted by molar-refractivity contribution is 14.0. The molecular formula is C18H33IN4O. The number of carbonyl (C=O) groups excluding carboxylic acids is 1. The number of aliphatic imine (C=N–C) groups is 1. The lowest BCUT2D eigenvalue weighted by Crippen LogP contribution is -2.44. The normalized spacial score (nSPS) is 23.5. The molecule has 3 aliphatic rings. The number of likely N-dealkylation sites (tertiary alicyclic amines) is 1. The van der Waals surface area contributed by atoms with E-state index in [9.17, 15) is 4.79 Å². The summed E-state index contributed by atoms with van der Waals surface area (Å²) >= 11 is 0. The molecule has 3 rings (SSSR count). The fourth-order valence-corrected chi connectivity index (χ4v) is 4.37. The van der Waals surface area contributed by atoms with E-state index in [1.807, 2.05) is 7.05 Å². The Labute approximate surface area is 163 Å². The summed E-state index contributed by atoms with van der Waals surface area (Å²) in [5.41, 5.74) is 0.579. The van der Waals surface area contributed by atoms with Crippen LogP contribution in [0.2, 0.25) is 0 Å². The maximum atomic E-state index is 12.1. The van der Waals surface area contributed by atoms with Crippen molar-refractivity contribution in [2.75, 3.05) is 26.7 Å². The maximum absolute atomic E-state index is 12.1. The SMILES string of the molecule is CN=C(NCCC(=O)NC1CCCCC1)N1CCC2(CCC2)C1.I. The predicted octanol–water partition coefficient (Wildman–Crippen LogP) is 2.89. The molecule has 1 aliphatic heterocycles. The smallest absolute Gasteiger partial charge is 0.221 e. The lowest BCUT2D eigenvalue weighted by atomic mass is 9.68. The highest BCUT2D eigenvalue weighted by atomic mass is 127. The number of guanidine groups is 1. The van der Waals surface area contributed by atoms with Gasteiger partial charge in [0.2, 0.25) is 5.91 Å². The minimum absolute atomic E-state index is 0. The third-order valence-corrected chi connectivity index (χ3v) is 5.97. The van der Waals surface area contributed by atoms with Gasteiger partial charge in [-0.1, -0.05) is 25.7 Å². The number of rotatable bonds is 4. The minimum Gasteiger partial charge on any atom is -0.356 e. The van der Waals surface area contributed by atoms with Gasteiger partial charge in [0.1, 0.15) is 0 Å². The van der Waals surface area contributed by atoms with E-state index >= 15 is 0 Å². The zero-order valence-electron chi connectivity index (χ0n) is 15.0. The number of carbonyl (C=O) groups is 1. The number of amides is 1. The van der Waals surface area contributed by atoms with Crippen LogP contribution in [0.4, 0.5) is 0 Å². The van der Waals surface area contributed by atoms with Crippen molar-refractivity contribution in [3.63, 3.8) is 0 Å². The molecule has 1 spiro atoms. The molecule has 2 aliphatic carbocycles. The molecule has 1 saturated heterocycles. The summed E-state index contributed by atoms with van der Waals surface area (Å²) in [5, 5.41) is 6.56. The highest BCUT2D eigenvalue weighted by Gasteiger charge is 2.43. The average molecular weight is 448 g/mol. The van der Waals surface area contributed by atoms with Crippen LogP contribution in [0.5, 0.6) is 0 Å². The molecule has 2 N–H and O–H groups in total. The Kier molecular flexibility index (Phi) is 7.62. The summed E-state index contributed by atoms with van der Waals surface area (Å²) in [6, 6.07) is 0.410. The van der Waals surface area contributed by atoms with Crippen LogP contribution in [0.3, 0.4) is 0 Å². The van der Waals surface area contributed by atoms with Gasteiger partial charge in [-0.2, -0.15) is 0 Å². The molecule has 138 valence electrons. The van der Waals surface area contributed by atoms with Gasteiger partial charge >= 0.3 is 0 Å². The molecule has 1 amide bonds. The largest absolute Gasteiger partial charge is 0.356 e. The van der Waals surface area contributed by atoms with E-state index in [1.54, 1.807) is 0 Å². The van der Waals surface area contributed by atoms with E-state index in [1.165, 1.54) is 44.9 Å². The lowest BCUT2D eigenvalue weighted by Gasteiger charge is -2.38. The van der Waals surface area contributed by atoms with Crippen molar-refractivity contribution in [1.82, 2.24) is 15.5 Å². The monoisotopic (exact) mass is 448 g/mol. The molecule has 0 aromatic rings. The second-order valence-electron chi connectivity index (χ2n) is 7.65. The number of hydrogen-bond donors (Lipinski definition) is 2. The Morgan fingerprint density at radius 3 is 2.50 bits per heavy atom. The van der Waals surface area contributed by atoms with Crippen LogP contribution in [0, 0.1) is 5.41 Å². The fraction of sp³-hybridized carbons (Fsp3) is 0.889. The van der Waals surface area contributed by atoms with Crippen molar-refractivity contribution >= 4 is 35.8 Å². The van der Waals surface area contributed by atoms with Crippen molar-refractivity contribution in [1.29, 1.82) is 0 Å². The number of nitrogens with one attached hydrogen (secondary N) is 2. The van der Waals surface area contributed by atoms with Gasteiger partial charge in [-0.05, 0) is 37.5 Å². The maximum Gasteiger partial charge on any atom is 0.221 e. The second-order valence-corrected chi connectivity index (χ2v) is 7.65. The molecule has 0 unspecified atom stereocenters. The first kappa shape index (κ1) is 19.8. The molecular weight excluding hydrogens is 415 g/mol. The van der Waals surface area contributed by atoms with Gasteiger partial charge < -0.3 is 15.5 Å². The van der Waals surface area contributed by atoms with Crippen LogP contribution < -0.4 is 10.6 Å². The number of hydrogen-bond acceptors (Lipinski definition) is 2. The molecule has 2 saturated carbocycles. The van der Waals surface area contributed by atoms with E-state index in [2.05, 4.69) is 20.5 Å². The third-order valence-electron chi connectivity index (χ3n) is 5.97. The second kappa shape index (κ2) is 9.25. The van der Waals surface area contributed by atoms with Crippen molar-refractivity contribution in [3.05, 3.63) is 0 Å². The van der Waals surface area contributed by atoms with E-state index in [0.717, 1.165) is 31.9 Å². The van der Waals surface area contributed by atoms with Crippen LogP contribution in [0.25, 0.3) is 0 Å². The fourth-order valence-electron chi connectivity index (χ4n) is 4.37. The van der Waals surface area contributed by atoms with Gasteiger partial charge in [-0.15, -0.1) is 24.0 Å². The summed E-state index contributed by atoms with van der Waals surface area (Å²) in [6.07, 6.45) is 12.1. The molecule has 0 radical (unpaired) electrons. The predicted molar refractivity (Wildman–Crippen MR) is 109 cm³/mol. The summed E-state index contributed by atoms with van der Waals surface area (Å²) in [7, 11) is 1.84. The van der Waals surface area contributed by atoms with Crippen LogP contribution in [-0.2, 0) is 4.79 Å². The zero-order valence-corrected chi connectivity index (χ0v) is 17.3. The molecule has 1 heterocycles. The molecule has 0 bridgehead atoms. The summed E-state index contributed by atoms with van der Waals surface area (Å²) in [6.45, 7) is 2.92. The molecule has 0 atom stereocenters. The van der Waals surface area contributed by atoms with Gasteiger partial charge in [-0.3, -0.25) is 9.79 Å². The Morgan fingerprint density at radius 1 is 1.17 bits per heavy atom. The standard InChI is InChI=1S/C18H32N4O.HI/c1-19-17(22-13-11-18(14-22)9-5-10-18)20-12-8-16(23)21-15-6-3-2-4-7-15;/h15H,2-14H2,1H3,(H,19,20)(H,21,23);1H. The third kappa shape index (κ3) is 4.99. The van der Waals surface area contributed by atoms with Gasteiger partial charge in [0.15, 0.2) is 5.96 Å². The van der Waals surface area contributed by atoms with Gasteiger partial charge in [0, 0.05) is 39.1 Å². The first-order chi connectivity index (χ1) is 11.2. The van der Waals surface area contributed by atoms with Crippen LogP contribution in [0.15, 0.2) is 4.99 Å². The first-order valence-corrected chi connectivity index (χ1v) is 9.46. The highest BCUT2D eigenvalue weighted by Crippen LogP contribution is 2.47. The molecule has 3 fully saturated rings. The van der Waals surface area contributed by atoms with Crippen LogP contribution >= 0.6 is 24.0 Å². The van der Waals surface area contributed by atoms with Crippen molar-refractivity contribution in [2.24, 2.45) is 10.4 Å². The average Bonchev–Trinajstić information content (AvgIpc) is 2.98. The molecule has 6 heteroatoms. The Balaban J connectivity index is 0.00000208. The Bertz CT molecular complexity index is 444. The Morgan fingerprint density at radius 2 is 1.92 bits per heavy atom. The summed E-state index contributed by atoms with van der Waals surface area (Å²) in [4.78, 5) is 18.8. The number of nitrogens with zero attached hydrogens (tertiary/aromatic N) is 2. The number of halogens is 1. The quantitative estimate of drug-likeness (QED) is 0.395.